The Balaban J connectivity index is 2.07. The fourth-order valence-electron chi connectivity index (χ4n) is 1.77. The third-order valence-corrected chi connectivity index (χ3v) is 3.16. The van der Waals surface area contributed by atoms with Gasteiger partial charge in [-0.05, 0) is 44.0 Å². The fourth-order valence-corrected chi connectivity index (χ4v) is 1.90. The second-order valence-corrected chi connectivity index (χ2v) is 5.07. The van der Waals surface area contributed by atoms with E-state index in [4.69, 9.17) is 21.1 Å². The van der Waals surface area contributed by atoms with Gasteiger partial charge < -0.3 is 20.1 Å². The van der Waals surface area contributed by atoms with Crippen LogP contribution in [0.5, 0.6) is 5.75 Å². The summed E-state index contributed by atoms with van der Waals surface area (Å²) in [5.41, 5.74) is 0. The zero-order valence-electron chi connectivity index (χ0n) is 13.4. The van der Waals surface area contributed by atoms with Gasteiger partial charge in [-0.3, -0.25) is 4.99 Å². The Morgan fingerprint density at radius 2 is 1.82 bits per heavy atom. The van der Waals surface area contributed by atoms with Crippen LogP contribution in [0.25, 0.3) is 0 Å². The molecule has 2 N–H and O–H groups in total. The predicted molar refractivity (Wildman–Crippen MR) is 92.0 cm³/mol. The molecular weight excluding hydrogens is 302 g/mol. The smallest absolute Gasteiger partial charge is 0.191 e. The molecule has 124 valence electrons. The maximum absolute atomic E-state index is 5.82. The van der Waals surface area contributed by atoms with Crippen molar-refractivity contribution < 1.29 is 9.47 Å². The van der Waals surface area contributed by atoms with E-state index in [2.05, 4.69) is 15.6 Å². The quantitative estimate of drug-likeness (QED) is 0.394. The van der Waals surface area contributed by atoms with Crippen LogP contribution >= 0.6 is 11.6 Å². The second kappa shape index (κ2) is 12.1. The van der Waals surface area contributed by atoms with Crippen molar-refractivity contribution in [2.24, 2.45) is 4.99 Å². The SMILES string of the molecule is CCOCCCCNC(=NC)NCCOc1ccc(Cl)cc1. The fraction of sp³-hybridized carbons (Fsp3) is 0.562. The van der Waals surface area contributed by atoms with Crippen LogP contribution in [0.15, 0.2) is 29.3 Å². The molecule has 0 atom stereocenters. The van der Waals surface area contributed by atoms with Gasteiger partial charge in [0.05, 0.1) is 6.54 Å². The van der Waals surface area contributed by atoms with Crippen LogP contribution in [-0.2, 0) is 4.74 Å². The lowest BCUT2D eigenvalue weighted by Crippen LogP contribution is -2.39. The predicted octanol–water partition coefficient (Wildman–Crippen LogP) is 2.70. The van der Waals surface area contributed by atoms with E-state index < -0.39 is 0 Å². The molecule has 1 aromatic carbocycles. The number of halogens is 1. The van der Waals surface area contributed by atoms with Gasteiger partial charge in [-0.2, -0.15) is 0 Å². The molecule has 0 amide bonds. The summed E-state index contributed by atoms with van der Waals surface area (Å²) in [6, 6.07) is 7.33. The molecule has 5 nitrogen and oxygen atoms in total. The van der Waals surface area contributed by atoms with Crippen molar-refractivity contribution in [1.82, 2.24) is 10.6 Å². The Hall–Kier alpha value is -1.46. The van der Waals surface area contributed by atoms with Crippen LogP contribution in [0.4, 0.5) is 0 Å². The molecule has 0 saturated heterocycles. The third-order valence-electron chi connectivity index (χ3n) is 2.91. The average molecular weight is 328 g/mol. The molecule has 0 spiro atoms. The van der Waals surface area contributed by atoms with E-state index in [1.807, 2.05) is 31.2 Å². The standard InChI is InChI=1S/C16H26ClN3O2/c1-3-21-12-5-4-10-19-16(18-2)20-11-13-22-15-8-6-14(17)7-9-15/h6-9H,3-5,10-13H2,1-2H3,(H2,18,19,20). The van der Waals surface area contributed by atoms with Gasteiger partial charge in [0.1, 0.15) is 12.4 Å². The number of aliphatic imine (C=N–C) groups is 1. The molecular formula is C16H26ClN3O2. The molecule has 0 heterocycles. The molecule has 0 radical (unpaired) electrons. The van der Waals surface area contributed by atoms with Crippen molar-refractivity contribution >= 4 is 17.6 Å². The molecule has 0 aromatic heterocycles. The average Bonchev–Trinajstić information content (AvgIpc) is 2.54. The summed E-state index contributed by atoms with van der Waals surface area (Å²) in [6.45, 7) is 5.73. The number of hydrogen-bond donors (Lipinski definition) is 2. The van der Waals surface area contributed by atoms with Crippen molar-refractivity contribution in [2.75, 3.05) is 40.0 Å². The maximum atomic E-state index is 5.82. The van der Waals surface area contributed by atoms with Crippen molar-refractivity contribution in [3.63, 3.8) is 0 Å². The topological polar surface area (TPSA) is 54.9 Å². The zero-order chi connectivity index (χ0) is 16.0. The number of hydrogen-bond acceptors (Lipinski definition) is 3. The largest absolute Gasteiger partial charge is 0.492 e. The lowest BCUT2D eigenvalue weighted by atomic mass is 10.3. The van der Waals surface area contributed by atoms with Gasteiger partial charge in [0, 0.05) is 31.8 Å². The van der Waals surface area contributed by atoms with Gasteiger partial charge in [-0.25, -0.2) is 0 Å². The Kier molecular flexibility index (Phi) is 10.2. The molecule has 0 aliphatic carbocycles. The van der Waals surface area contributed by atoms with Gasteiger partial charge in [0.2, 0.25) is 0 Å². The monoisotopic (exact) mass is 327 g/mol. The van der Waals surface area contributed by atoms with Gasteiger partial charge >= 0.3 is 0 Å². The highest BCUT2D eigenvalue weighted by Crippen LogP contribution is 2.14. The molecule has 22 heavy (non-hydrogen) atoms. The van der Waals surface area contributed by atoms with E-state index in [0.717, 1.165) is 44.3 Å². The highest BCUT2D eigenvalue weighted by molar-refractivity contribution is 6.30. The highest BCUT2D eigenvalue weighted by Gasteiger charge is 1.98. The van der Waals surface area contributed by atoms with Crippen LogP contribution in [0.2, 0.25) is 5.02 Å². The minimum atomic E-state index is 0.562. The molecule has 1 aromatic rings. The summed E-state index contributed by atoms with van der Waals surface area (Å²) < 4.78 is 10.9. The zero-order valence-corrected chi connectivity index (χ0v) is 14.2. The third kappa shape index (κ3) is 8.74. The summed E-state index contributed by atoms with van der Waals surface area (Å²) in [4.78, 5) is 4.17. The molecule has 0 saturated carbocycles. The van der Waals surface area contributed by atoms with Crippen LogP contribution in [-0.4, -0.2) is 45.9 Å². The van der Waals surface area contributed by atoms with E-state index in [9.17, 15) is 0 Å². The van der Waals surface area contributed by atoms with Crippen LogP contribution in [0.1, 0.15) is 19.8 Å². The van der Waals surface area contributed by atoms with Gasteiger partial charge in [0.15, 0.2) is 5.96 Å². The van der Waals surface area contributed by atoms with E-state index in [1.165, 1.54) is 0 Å². The van der Waals surface area contributed by atoms with Gasteiger partial charge in [-0.1, -0.05) is 11.6 Å². The van der Waals surface area contributed by atoms with E-state index in [0.29, 0.717) is 18.2 Å². The lowest BCUT2D eigenvalue weighted by Gasteiger charge is -2.12. The van der Waals surface area contributed by atoms with Gasteiger partial charge in [-0.15, -0.1) is 0 Å². The number of nitrogens with one attached hydrogen (secondary N) is 2. The minimum Gasteiger partial charge on any atom is -0.492 e. The van der Waals surface area contributed by atoms with Crippen molar-refractivity contribution in [2.45, 2.75) is 19.8 Å². The number of ether oxygens (including phenoxy) is 2. The molecule has 0 aliphatic heterocycles. The van der Waals surface area contributed by atoms with Crippen molar-refractivity contribution in [3.8, 4) is 5.75 Å². The van der Waals surface area contributed by atoms with Crippen LogP contribution in [0.3, 0.4) is 0 Å². The Morgan fingerprint density at radius 3 is 2.50 bits per heavy atom. The van der Waals surface area contributed by atoms with Crippen LogP contribution < -0.4 is 15.4 Å². The van der Waals surface area contributed by atoms with E-state index in [-0.39, 0.29) is 0 Å². The summed E-state index contributed by atoms with van der Waals surface area (Å²) in [6.07, 6.45) is 2.11. The first kappa shape index (κ1) is 18.6. The first-order chi connectivity index (χ1) is 10.8. The molecule has 0 fully saturated rings. The first-order valence-electron chi connectivity index (χ1n) is 7.67. The summed E-state index contributed by atoms with van der Waals surface area (Å²) in [5, 5.41) is 7.18. The molecule has 0 aliphatic rings. The number of rotatable bonds is 10. The summed E-state index contributed by atoms with van der Waals surface area (Å²) in [7, 11) is 1.76. The number of nitrogens with zero attached hydrogens (tertiary/aromatic N) is 1. The van der Waals surface area contributed by atoms with Crippen molar-refractivity contribution in [1.29, 1.82) is 0 Å². The Bertz CT molecular complexity index is 424. The first-order valence-corrected chi connectivity index (χ1v) is 8.04. The number of benzene rings is 1. The van der Waals surface area contributed by atoms with Gasteiger partial charge in [0.25, 0.3) is 0 Å². The molecule has 0 unspecified atom stereocenters. The van der Waals surface area contributed by atoms with Crippen LogP contribution in [0, 0.1) is 0 Å². The summed E-state index contributed by atoms with van der Waals surface area (Å²) >= 11 is 5.82. The van der Waals surface area contributed by atoms with E-state index >= 15 is 0 Å². The van der Waals surface area contributed by atoms with E-state index in [1.54, 1.807) is 7.05 Å². The normalized spacial score (nSPS) is 11.3. The minimum absolute atomic E-state index is 0.562. The molecule has 1 rings (SSSR count). The summed E-state index contributed by atoms with van der Waals surface area (Å²) in [5.74, 6) is 1.60. The maximum Gasteiger partial charge on any atom is 0.191 e. The second-order valence-electron chi connectivity index (χ2n) is 4.63. The molecule has 0 bridgehead atoms. The highest BCUT2D eigenvalue weighted by atomic mass is 35.5. The lowest BCUT2D eigenvalue weighted by molar-refractivity contribution is 0.143. The Labute approximate surface area is 138 Å². The molecule has 6 heteroatoms. The Morgan fingerprint density at radius 1 is 1.09 bits per heavy atom. The van der Waals surface area contributed by atoms with Crippen molar-refractivity contribution in [3.05, 3.63) is 29.3 Å². The number of unbranched alkanes of at least 4 members (excludes halogenated alkanes) is 1. The number of guanidine groups is 1.